The van der Waals surface area contributed by atoms with Crippen LogP contribution in [0.15, 0.2) is 54.9 Å². The van der Waals surface area contributed by atoms with Crippen molar-refractivity contribution in [2.24, 2.45) is 0 Å². The Labute approximate surface area is 187 Å². The van der Waals surface area contributed by atoms with Crippen LogP contribution in [0.25, 0.3) is 0 Å². The van der Waals surface area contributed by atoms with E-state index in [0.29, 0.717) is 35.9 Å². The van der Waals surface area contributed by atoms with E-state index in [1.165, 1.54) is 0 Å². The van der Waals surface area contributed by atoms with E-state index in [1.54, 1.807) is 24.5 Å². The lowest BCUT2D eigenvalue weighted by Crippen LogP contribution is -2.31. The molecule has 4 rings (SSSR count). The minimum atomic E-state index is -0.372. The van der Waals surface area contributed by atoms with Crippen molar-refractivity contribution < 1.29 is 14.3 Å². The van der Waals surface area contributed by atoms with Crippen LogP contribution in [-0.4, -0.2) is 33.0 Å². The molecule has 0 fully saturated rings. The summed E-state index contributed by atoms with van der Waals surface area (Å²) in [5.74, 6) is 0.0347. The lowest BCUT2D eigenvalue weighted by molar-refractivity contribution is 0.0773. The molecule has 0 saturated heterocycles. The maximum Gasteiger partial charge on any atom is 0.268 e. The highest BCUT2D eigenvalue weighted by Gasteiger charge is 2.28. The largest absolute Gasteiger partial charge is 0.373 e. The van der Waals surface area contributed by atoms with Gasteiger partial charge in [-0.1, -0.05) is 37.3 Å². The minimum absolute atomic E-state index is 0.109. The molecule has 0 aliphatic carbocycles. The number of fused-ring (bicyclic) bond motifs is 1. The van der Waals surface area contributed by atoms with Gasteiger partial charge in [-0.15, -0.1) is 0 Å². The monoisotopic (exact) mass is 433 g/mol. The van der Waals surface area contributed by atoms with Gasteiger partial charge in [0.1, 0.15) is 11.5 Å². The molecule has 166 valence electrons. The summed E-state index contributed by atoms with van der Waals surface area (Å²) in [5, 5.41) is 6.04. The van der Waals surface area contributed by atoms with Crippen molar-refractivity contribution in [3.8, 4) is 0 Å². The van der Waals surface area contributed by atoms with Gasteiger partial charge in [0.2, 0.25) is 0 Å². The molecule has 8 heteroatoms. The highest BCUT2D eigenvalue weighted by molar-refractivity contribution is 6.01. The van der Waals surface area contributed by atoms with Crippen LogP contribution in [-0.2, 0) is 17.9 Å². The summed E-state index contributed by atoms with van der Waals surface area (Å²) in [4.78, 5) is 34.7. The second kappa shape index (κ2) is 9.74. The Morgan fingerprint density at radius 2 is 1.84 bits per heavy atom. The van der Waals surface area contributed by atoms with Gasteiger partial charge >= 0.3 is 0 Å². The fraction of sp³-hybridized carbons (Fsp3) is 0.333. The number of benzene rings is 1. The number of nitrogens with one attached hydrogen (secondary N) is 2. The maximum atomic E-state index is 13.2. The Balaban J connectivity index is 1.57. The third kappa shape index (κ3) is 4.55. The third-order valence-corrected chi connectivity index (χ3v) is 5.62. The summed E-state index contributed by atoms with van der Waals surface area (Å²) in [6.45, 7) is 5.15. The quantitative estimate of drug-likeness (QED) is 0.596. The van der Waals surface area contributed by atoms with Crippen molar-refractivity contribution in [1.82, 2.24) is 25.2 Å². The number of nitrogens with zero attached hydrogens (tertiary/aromatic N) is 3. The van der Waals surface area contributed by atoms with Crippen LogP contribution >= 0.6 is 0 Å². The van der Waals surface area contributed by atoms with Crippen LogP contribution in [0.4, 0.5) is 0 Å². The number of aromatic nitrogens is 3. The van der Waals surface area contributed by atoms with Gasteiger partial charge in [0, 0.05) is 18.9 Å². The first-order valence-corrected chi connectivity index (χ1v) is 10.8. The molecule has 2 atom stereocenters. The summed E-state index contributed by atoms with van der Waals surface area (Å²) < 4.78 is 7.47. The molecule has 1 aromatic carbocycles. The fourth-order valence-corrected chi connectivity index (χ4v) is 3.92. The Morgan fingerprint density at radius 3 is 2.56 bits per heavy atom. The normalized spacial score (nSPS) is 14.8. The average Bonchev–Trinajstić information content (AvgIpc) is 3.23. The Morgan fingerprint density at radius 1 is 1.09 bits per heavy atom. The summed E-state index contributed by atoms with van der Waals surface area (Å²) in [6.07, 6.45) is 4.03. The standard InChI is InChI=1S/C24H27N5O3/c1-3-19(17-8-5-4-6-9-17)28-24(31)20-14-18(21-15-32-13-12-29(20)21)23(30)27-16(2)22-25-10-7-11-26-22/h4-11,14,16,19H,3,12-13,15H2,1-2H3,(H,27,30)(H,28,31). The first-order chi connectivity index (χ1) is 15.6. The maximum absolute atomic E-state index is 13.2. The minimum Gasteiger partial charge on any atom is -0.373 e. The van der Waals surface area contributed by atoms with Gasteiger partial charge in [-0.2, -0.15) is 0 Å². The lowest BCUT2D eigenvalue weighted by atomic mass is 10.0. The van der Waals surface area contributed by atoms with Gasteiger partial charge in [-0.25, -0.2) is 9.97 Å². The van der Waals surface area contributed by atoms with E-state index < -0.39 is 0 Å². The Bertz CT molecular complexity index is 1080. The summed E-state index contributed by atoms with van der Waals surface area (Å²) in [5.41, 5.74) is 2.65. The molecule has 2 amide bonds. The van der Waals surface area contributed by atoms with Crippen molar-refractivity contribution in [1.29, 1.82) is 0 Å². The zero-order chi connectivity index (χ0) is 22.5. The molecule has 2 N–H and O–H groups in total. The topological polar surface area (TPSA) is 98.1 Å². The van der Waals surface area contributed by atoms with Gasteiger partial charge in [0.15, 0.2) is 0 Å². The molecule has 0 spiro atoms. The zero-order valence-corrected chi connectivity index (χ0v) is 18.2. The molecule has 1 aliphatic rings. The molecule has 2 aromatic heterocycles. The van der Waals surface area contributed by atoms with E-state index in [1.807, 2.05) is 48.7 Å². The summed E-state index contributed by atoms with van der Waals surface area (Å²) >= 11 is 0. The number of amides is 2. The Hall–Kier alpha value is -3.52. The van der Waals surface area contributed by atoms with E-state index >= 15 is 0 Å². The molecule has 0 bridgehead atoms. The van der Waals surface area contributed by atoms with Gasteiger partial charge < -0.3 is 19.9 Å². The average molecular weight is 434 g/mol. The third-order valence-electron chi connectivity index (χ3n) is 5.62. The van der Waals surface area contributed by atoms with Crippen molar-refractivity contribution in [3.05, 3.63) is 83.2 Å². The smallest absolute Gasteiger partial charge is 0.268 e. The number of ether oxygens (including phenoxy) is 1. The number of hydrogen-bond donors (Lipinski definition) is 2. The molecule has 8 nitrogen and oxygen atoms in total. The van der Waals surface area contributed by atoms with Crippen molar-refractivity contribution in [2.75, 3.05) is 6.61 Å². The molecule has 0 radical (unpaired) electrons. The highest BCUT2D eigenvalue weighted by atomic mass is 16.5. The SMILES string of the molecule is CCC(NC(=O)c1cc(C(=O)NC(C)c2ncccn2)c2n1CCOC2)c1ccccc1. The predicted octanol–water partition coefficient (Wildman–Crippen LogP) is 3.18. The molecule has 32 heavy (non-hydrogen) atoms. The first kappa shape index (κ1) is 21.7. The fourth-order valence-electron chi connectivity index (χ4n) is 3.92. The highest BCUT2D eigenvalue weighted by Crippen LogP contribution is 2.23. The molecule has 3 heterocycles. The number of carbonyl (C=O) groups is 2. The van der Waals surface area contributed by atoms with Crippen LogP contribution in [0.2, 0.25) is 0 Å². The van der Waals surface area contributed by atoms with Crippen LogP contribution < -0.4 is 10.6 Å². The van der Waals surface area contributed by atoms with Crippen molar-refractivity contribution in [3.63, 3.8) is 0 Å². The van der Waals surface area contributed by atoms with E-state index in [2.05, 4.69) is 20.6 Å². The summed E-state index contributed by atoms with van der Waals surface area (Å²) in [6, 6.07) is 12.8. The molecule has 3 aromatic rings. The van der Waals surface area contributed by atoms with Gasteiger partial charge in [-0.3, -0.25) is 9.59 Å². The number of hydrogen-bond acceptors (Lipinski definition) is 5. The number of carbonyl (C=O) groups excluding carboxylic acids is 2. The van der Waals surface area contributed by atoms with Crippen molar-refractivity contribution in [2.45, 2.75) is 45.5 Å². The van der Waals surface area contributed by atoms with Gasteiger partial charge in [0.25, 0.3) is 11.8 Å². The van der Waals surface area contributed by atoms with E-state index in [-0.39, 0.29) is 30.5 Å². The van der Waals surface area contributed by atoms with Gasteiger partial charge in [0.05, 0.1) is 36.6 Å². The van der Waals surface area contributed by atoms with E-state index in [0.717, 1.165) is 12.0 Å². The molecular formula is C24H27N5O3. The van der Waals surface area contributed by atoms with Crippen molar-refractivity contribution >= 4 is 11.8 Å². The molecule has 2 unspecified atom stereocenters. The molecule has 0 saturated carbocycles. The summed E-state index contributed by atoms with van der Waals surface area (Å²) in [7, 11) is 0. The van der Waals surface area contributed by atoms with Crippen LogP contribution in [0.3, 0.4) is 0 Å². The first-order valence-electron chi connectivity index (χ1n) is 10.8. The van der Waals surface area contributed by atoms with Gasteiger partial charge in [-0.05, 0) is 31.0 Å². The van der Waals surface area contributed by atoms with E-state index in [4.69, 9.17) is 4.74 Å². The van der Waals surface area contributed by atoms with Crippen LogP contribution in [0, 0.1) is 0 Å². The number of rotatable bonds is 7. The van der Waals surface area contributed by atoms with E-state index in [9.17, 15) is 9.59 Å². The zero-order valence-electron chi connectivity index (χ0n) is 18.2. The van der Waals surface area contributed by atoms with Crippen LogP contribution in [0.1, 0.15) is 70.3 Å². The molecule has 1 aliphatic heterocycles. The predicted molar refractivity (Wildman–Crippen MR) is 119 cm³/mol. The Kier molecular flexibility index (Phi) is 6.61. The molecular weight excluding hydrogens is 406 g/mol. The van der Waals surface area contributed by atoms with Crippen LogP contribution in [0.5, 0.6) is 0 Å². The lowest BCUT2D eigenvalue weighted by Gasteiger charge is -2.21. The second-order valence-electron chi connectivity index (χ2n) is 7.74. The second-order valence-corrected chi connectivity index (χ2v) is 7.74.